The van der Waals surface area contributed by atoms with Crippen molar-refractivity contribution in [3.8, 4) is 11.1 Å². The van der Waals surface area contributed by atoms with Crippen molar-refractivity contribution >= 4 is 17.5 Å². The van der Waals surface area contributed by atoms with Gasteiger partial charge in [0.1, 0.15) is 5.69 Å². The minimum Gasteiger partial charge on any atom is -0.364 e. The average Bonchev–Trinajstić information content (AvgIpc) is 3.17. The normalized spacial score (nSPS) is 15.2. The van der Waals surface area contributed by atoms with Crippen molar-refractivity contribution in [2.24, 2.45) is 18.7 Å². The zero-order chi connectivity index (χ0) is 23.5. The third kappa shape index (κ3) is 4.79. The molecule has 0 bridgehead atoms. The van der Waals surface area contributed by atoms with Crippen molar-refractivity contribution in [2.45, 2.75) is 44.9 Å². The van der Waals surface area contributed by atoms with Crippen LogP contribution in [-0.4, -0.2) is 26.6 Å². The van der Waals surface area contributed by atoms with Gasteiger partial charge in [-0.25, -0.2) is 4.98 Å². The summed E-state index contributed by atoms with van der Waals surface area (Å²) >= 11 is 0. The topological polar surface area (TPSA) is 103 Å². The van der Waals surface area contributed by atoms with Crippen molar-refractivity contribution < 1.29 is 14.0 Å². The van der Waals surface area contributed by atoms with Gasteiger partial charge in [-0.2, -0.15) is 9.49 Å². The summed E-state index contributed by atoms with van der Waals surface area (Å²) in [6.45, 7) is 1.83. The SMILES string of the molecule is Cc1ccnc(F)c1-c1ccc(NC(=O)[C@H](c2cc(C(N)=O)n(C)n2)C2CCCCC2)cc1. The van der Waals surface area contributed by atoms with Crippen LogP contribution in [0.2, 0.25) is 0 Å². The average molecular weight is 450 g/mol. The Labute approximate surface area is 192 Å². The number of carbonyl (C=O) groups excluding carboxylic acids is 2. The second-order valence-electron chi connectivity index (χ2n) is 8.68. The third-order valence-corrected chi connectivity index (χ3v) is 6.43. The van der Waals surface area contributed by atoms with Gasteiger partial charge in [0.2, 0.25) is 11.9 Å². The first-order valence-corrected chi connectivity index (χ1v) is 11.2. The van der Waals surface area contributed by atoms with Gasteiger partial charge in [-0.05, 0) is 61.1 Å². The highest BCUT2D eigenvalue weighted by Gasteiger charge is 2.34. The summed E-state index contributed by atoms with van der Waals surface area (Å²) < 4.78 is 15.6. The Kier molecular flexibility index (Phi) is 6.53. The van der Waals surface area contributed by atoms with E-state index in [4.69, 9.17) is 5.73 Å². The summed E-state index contributed by atoms with van der Waals surface area (Å²) in [7, 11) is 1.65. The molecule has 2 heterocycles. The predicted octanol–water partition coefficient (Wildman–Crippen LogP) is 4.33. The van der Waals surface area contributed by atoms with Crippen LogP contribution < -0.4 is 11.1 Å². The number of nitrogens with one attached hydrogen (secondary N) is 1. The molecule has 1 aliphatic carbocycles. The molecule has 172 valence electrons. The molecule has 0 radical (unpaired) electrons. The maximum atomic E-state index is 14.2. The molecule has 0 aliphatic heterocycles. The lowest BCUT2D eigenvalue weighted by Crippen LogP contribution is -2.29. The maximum Gasteiger partial charge on any atom is 0.266 e. The van der Waals surface area contributed by atoms with Crippen LogP contribution in [0, 0.1) is 18.8 Å². The van der Waals surface area contributed by atoms with Crippen molar-refractivity contribution in [1.29, 1.82) is 0 Å². The van der Waals surface area contributed by atoms with E-state index in [1.807, 2.05) is 6.92 Å². The van der Waals surface area contributed by atoms with Crippen LogP contribution in [0.1, 0.15) is 59.8 Å². The van der Waals surface area contributed by atoms with Crippen molar-refractivity contribution in [3.63, 3.8) is 0 Å². The van der Waals surface area contributed by atoms with Gasteiger partial charge < -0.3 is 11.1 Å². The quantitative estimate of drug-likeness (QED) is 0.547. The first-order chi connectivity index (χ1) is 15.8. The predicted molar refractivity (Wildman–Crippen MR) is 124 cm³/mol. The van der Waals surface area contributed by atoms with Crippen LogP contribution >= 0.6 is 0 Å². The van der Waals surface area contributed by atoms with E-state index in [0.717, 1.165) is 37.7 Å². The van der Waals surface area contributed by atoms with E-state index >= 15 is 0 Å². The van der Waals surface area contributed by atoms with Crippen LogP contribution in [0.3, 0.4) is 0 Å². The first kappa shape index (κ1) is 22.6. The number of benzene rings is 1. The number of hydrogen-bond donors (Lipinski definition) is 2. The van der Waals surface area contributed by atoms with Crippen LogP contribution in [0.4, 0.5) is 10.1 Å². The zero-order valence-corrected chi connectivity index (χ0v) is 18.8. The van der Waals surface area contributed by atoms with Gasteiger partial charge in [-0.15, -0.1) is 0 Å². The van der Waals surface area contributed by atoms with Gasteiger partial charge in [0.05, 0.1) is 11.6 Å². The number of amides is 2. The number of aryl methyl sites for hydroxylation is 2. The maximum absolute atomic E-state index is 14.2. The highest BCUT2D eigenvalue weighted by atomic mass is 19.1. The minimum atomic E-state index is -0.576. The molecule has 4 rings (SSSR count). The lowest BCUT2D eigenvalue weighted by atomic mass is 9.78. The van der Waals surface area contributed by atoms with Gasteiger partial charge in [0, 0.05) is 24.5 Å². The van der Waals surface area contributed by atoms with E-state index in [2.05, 4.69) is 15.4 Å². The number of hydrogen-bond acceptors (Lipinski definition) is 4. The molecule has 0 spiro atoms. The smallest absolute Gasteiger partial charge is 0.266 e. The zero-order valence-electron chi connectivity index (χ0n) is 18.8. The molecule has 1 saturated carbocycles. The Morgan fingerprint density at radius 3 is 2.45 bits per heavy atom. The summed E-state index contributed by atoms with van der Waals surface area (Å²) in [4.78, 5) is 28.9. The fourth-order valence-corrected chi connectivity index (χ4v) is 4.74. The molecule has 2 amide bonds. The molecule has 1 atom stereocenters. The molecule has 1 aromatic carbocycles. The van der Waals surface area contributed by atoms with Gasteiger partial charge in [-0.1, -0.05) is 31.4 Å². The fourth-order valence-electron chi connectivity index (χ4n) is 4.74. The highest BCUT2D eigenvalue weighted by Crippen LogP contribution is 2.37. The number of rotatable bonds is 6. The Hall–Kier alpha value is -3.55. The molecule has 0 saturated heterocycles. The lowest BCUT2D eigenvalue weighted by Gasteiger charge is -2.28. The van der Waals surface area contributed by atoms with E-state index in [9.17, 15) is 14.0 Å². The lowest BCUT2D eigenvalue weighted by molar-refractivity contribution is -0.119. The second-order valence-corrected chi connectivity index (χ2v) is 8.68. The summed E-state index contributed by atoms with van der Waals surface area (Å²) in [5.41, 5.74) is 8.82. The Morgan fingerprint density at radius 1 is 1.15 bits per heavy atom. The van der Waals surface area contributed by atoms with E-state index in [0.29, 0.717) is 22.5 Å². The van der Waals surface area contributed by atoms with Crippen molar-refractivity contribution in [2.75, 3.05) is 5.32 Å². The van der Waals surface area contributed by atoms with Crippen LogP contribution in [-0.2, 0) is 11.8 Å². The number of carbonyl (C=O) groups is 2. The van der Waals surface area contributed by atoms with E-state index in [1.54, 1.807) is 43.4 Å². The fraction of sp³-hybridized carbons (Fsp3) is 0.360. The standard InChI is InChI=1S/C25H28FN5O2/c1-15-12-13-28-23(26)21(15)17-8-10-18(11-9-17)29-25(33)22(16-6-4-3-5-7-16)19-14-20(24(27)32)31(2)30-19/h8-14,16,22H,3-7H2,1-2H3,(H2,27,32)(H,29,33)/t22-/m0/s1. The summed E-state index contributed by atoms with van der Waals surface area (Å²) in [5.74, 6) is -1.62. The number of aromatic nitrogens is 3. The van der Waals surface area contributed by atoms with Gasteiger partial charge >= 0.3 is 0 Å². The molecule has 1 fully saturated rings. The molecule has 3 N–H and O–H groups in total. The number of halogens is 1. The van der Waals surface area contributed by atoms with E-state index < -0.39 is 17.8 Å². The molecule has 3 aromatic rings. The summed E-state index contributed by atoms with van der Waals surface area (Å²) in [5, 5.41) is 7.44. The van der Waals surface area contributed by atoms with Crippen LogP contribution in [0.15, 0.2) is 42.6 Å². The third-order valence-electron chi connectivity index (χ3n) is 6.43. The molecule has 1 aliphatic rings. The van der Waals surface area contributed by atoms with Crippen LogP contribution in [0.5, 0.6) is 0 Å². The van der Waals surface area contributed by atoms with Crippen molar-refractivity contribution in [1.82, 2.24) is 14.8 Å². The number of primary amides is 1. The molecular weight excluding hydrogens is 421 g/mol. The molecule has 8 heteroatoms. The van der Waals surface area contributed by atoms with E-state index in [1.165, 1.54) is 10.9 Å². The Bertz CT molecular complexity index is 1150. The molecule has 33 heavy (non-hydrogen) atoms. The number of pyridine rings is 1. The highest BCUT2D eigenvalue weighted by molar-refractivity contribution is 5.97. The Balaban J connectivity index is 1.59. The second kappa shape index (κ2) is 9.52. The number of anilines is 1. The van der Waals surface area contributed by atoms with Gasteiger partial charge in [0.25, 0.3) is 5.91 Å². The molecular formula is C25H28FN5O2. The number of nitrogens with two attached hydrogens (primary N) is 1. The summed E-state index contributed by atoms with van der Waals surface area (Å²) in [6, 6.07) is 10.4. The van der Waals surface area contributed by atoms with Crippen LogP contribution in [0.25, 0.3) is 11.1 Å². The number of nitrogens with zero attached hydrogens (tertiary/aromatic N) is 3. The monoisotopic (exact) mass is 449 g/mol. The minimum absolute atomic E-state index is 0.140. The summed E-state index contributed by atoms with van der Waals surface area (Å²) in [6.07, 6.45) is 6.59. The molecule has 0 unspecified atom stereocenters. The van der Waals surface area contributed by atoms with Crippen molar-refractivity contribution in [3.05, 3.63) is 65.5 Å². The first-order valence-electron chi connectivity index (χ1n) is 11.2. The molecule has 7 nitrogen and oxygen atoms in total. The molecule has 2 aromatic heterocycles. The largest absolute Gasteiger partial charge is 0.364 e. The van der Waals surface area contributed by atoms with Gasteiger partial charge in [-0.3, -0.25) is 14.3 Å². The van der Waals surface area contributed by atoms with E-state index in [-0.39, 0.29) is 17.5 Å². The Morgan fingerprint density at radius 2 is 1.85 bits per heavy atom. The van der Waals surface area contributed by atoms with Gasteiger partial charge in [0.15, 0.2) is 0 Å².